The van der Waals surface area contributed by atoms with Gasteiger partial charge in [0.05, 0.1) is 18.8 Å². The molecular weight excluding hydrogens is 306 g/mol. The van der Waals surface area contributed by atoms with Crippen LogP contribution in [0.3, 0.4) is 0 Å². The van der Waals surface area contributed by atoms with Crippen LogP contribution in [0.25, 0.3) is 11.3 Å². The van der Waals surface area contributed by atoms with Gasteiger partial charge in [-0.25, -0.2) is 0 Å². The van der Waals surface area contributed by atoms with Gasteiger partial charge < -0.3 is 10.4 Å². The van der Waals surface area contributed by atoms with Crippen molar-refractivity contribution in [1.82, 2.24) is 9.88 Å². The van der Waals surface area contributed by atoms with Gasteiger partial charge in [-0.1, -0.05) is 18.2 Å². The zero-order valence-corrected chi connectivity index (χ0v) is 13.2. The van der Waals surface area contributed by atoms with E-state index in [0.29, 0.717) is 5.69 Å². The van der Waals surface area contributed by atoms with Crippen molar-refractivity contribution in [2.75, 3.05) is 18.5 Å². The second-order valence-electron chi connectivity index (χ2n) is 5.45. The first-order valence-corrected chi connectivity index (χ1v) is 7.57. The highest BCUT2D eigenvalue weighted by Gasteiger charge is 2.30. The van der Waals surface area contributed by atoms with Gasteiger partial charge in [-0.2, -0.15) is 0 Å². The fourth-order valence-corrected chi connectivity index (χ4v) is 2.56. The van der Waals surface area contributed by atoms with Crippen molar-refractivity contribution in [2.45, 2.75) is 6.92 Å². The molecule has 1 aromatic heterocycles. The monoisotopic (exact) mass is 323 g/mol. The molecule has 2 heterocycles. The second-order valence-corrected chi connectivity index (χ2v) is 5.45. The fraction of sp³-hybridized carbons (Fsp3) is 0.167. The van der Waals surface area contributed by atoms with Gasteiger partial charge in [0, 0.05) is 23.5 Å². The van der Waals surface area contributed by atoms with Crippen LogP contribution in [0.2, 0.25) is 0 Å². The topological polar surface area (TPSA) is 82.5 Å². The van der Waals surface area contributed by atoms with E-state index >= 15 is 0 Å². The molecule has 0 aliphatic carbocycles. The van der Waals surface area contributed by atoms with E-state index in [9.17, 15) is 9.59 Å². The van der Waals surface area contributed by atoms with Crippen molar-refractivity contribution in [3.63, 3.8) is 0 Å². The summed E-state index contributed by atoms with van der Waals surface area (Å²) in [6, 6.07) is 11.4. The van der Waals surface area contributed by atoms with Gasteiger partial charge in [0.2, 0.25) is 0 Å². The molecule has 24 heavy (non-hydrogen) atoms. The lowest BCUT2D eigenvalue weighted by Gasteiger charge is -2.13. The Labute approximate surface area is 139 Å². The molecule has 1 aliphatic rings. The molecule has 3 rings (SSSR count). The molecular formula is C18H17N3O3. The van der Waals surface area contributed by atoms with E-state index in [1.54, 1.807) is 6.20 Å². The standard InChI is InChI=1S/C18H17N3O3/c1-12-3-2-8-19-17(12)13-4-6-14(7-5-13)20-15-11-16(23)21(9-10-22)18(15)24/h2-8,11,20,22H,9-10H2,1H3. The molecule has 6 nitrogen and oxygen atoms in total. The van der Waals surface area contributed by atoms with Crippen LogP contribution in [0.4, 0.5) is 5.69 Å². The average molecular weight is 323 g/mol. The predicted octanol–water partition coefficient (Wildman–Crippen LogP) is 1.71. The summed E-state index contributed by atoms with van der Waals surface area (Å²) in [5.41, 5.74) is 3.87. The van der Waals surface area contributed by atoms with E-state index in [0.717, 1.165) is 21.7 Å². The highest BCUT2D eigenvalue weighted by Crippen LogP contribution is 2.23. The maximum absolute atomic E-state index is 12.1. The number of hydrogen-bond donors (Lipinski definition) is 2. The molecule has 0 radical (unpaired) electrons. The molecule has 0 unspecified atom stereocenters. The average Bonchev–Trinajstić information content (AvgIpc) is 2.84. The third-order valence-electron chi connectivity index (χ3n) is 3.78. The number of rotatable bonds is 5. The number of aryl methyl sites for hydroxylation is 1. The maximum Gasteiger partial charge on any atom is 0.277 e. The van der Waals surface area contributed by atoms with Gasteiger partial charge in [0.15, 0.2) is 0 Å². The van der Waals surface area contributed by atoms with E-state index in [4.69, 9.17) is 5.11 Å². The summed E-state index contributed by atoms with van der Waals surface area (Å²) in [4.78, 5) is 29.2. The summed E-state index contributed by atoms with van der Waals surface area (Å²) in [7, 11) is 0. The van der Waals surface area contributed by atoms with Crippen LogP contribution in [0.5, 0.6) is 0 Å². The number of carbonyl (C=O) groups excluding carboxylic acids is 2. The van der Waals surface area contributed by atoms with Gasteiger partial charge in [0.1, 0.15) is 5.70 Å². The number of pyridine rings is 1. The Kier molecular flexibility index (Phi) is 4.39. The maximum atomic E-state index is 12.1. The van der Waals surface area contributed by atoms with E-state index < -0.39 is 11.8 Å². The number of β-amino-alcohol motifs (C(OH)–C–C–N with tert-alkyl or cyclic N) is 1. The number of hydrogen-bond acceptors (Lipinski definition) is 5. The Hall–Kier alpha value is -2.99. The number of aromatic nitrogens is 1. The summed E-state index contributed by atoms with van der Waals surface area (Å²) in [6.07, 6.45) is 2.99. The first kappa shape index (κ1) is 15.9. The Morgan fingerprint density at radius 3 is 2.58 bits per heavy atom. The summed E-state index contributed by atoms with van der Waals surface area (Å²) >= 11 is 0. The van der Waals surface area contributed by atoms with Crippen LogP contribution >= 0.6 is 0 Å². The molecule has 1 aromatic carbocycles. The Morgan fingerprint density at radius 2 is 1.92 bits per heavy atom. The molecule has 2 N–H and O–H groups in total. The van der Waals surface area contributed by atoms with Crippen LogP contribution in [-0.4, -0.2) is 40.0 Å². The van der Waals surface area contributed by atoms with E-state index in [-0.39, 0.29) is 18.8 Å². The Balaban J connectivity index is 1.76. The number of benzene rings is 1. The Bertz CT molecular complexity index is 813. The zero-order chi connectivity index (χ0) is 17.1. The highest BCUT2D eigenvalue weighted by atomic mass is 16.3. The normalized spacial score (nSPS) is 14.1. The van der Waals surface area contributed by atoms with Gasteiger partial charge in [0.25, 0.3) is 11.8 Å². The quantitative estimate of drug-likeness (QED) is 0.819. The number of carbonyl (C=O) groups is 2. The highest BCUT2D eigenvalue weighted by molar-refractivity contribution is 6.17. The lowest BCUT2D eigenvalue weighted by Crippen LogP contribution is -2.34. The largest absolute Gasteiger partial charge is 0.395 e. The number of amides is 2. The van der Waals surface area contributed by atoms with Gasteiger partial charge in [-0.15, -0.1) is 0 Å². The molecule has 0 fully saturated rings. The molecule has 0 bridgehead atoms. The number of aliphatic hydroxyl groups is 1. The number of nitrogens with one attached hydrogen (secondary N) is 1. The van der Waals surface area contributed by atoms with Gasteiger partial charge >= 0.3 is 0 Å². The lowest BCUT2D eigenvalue weighted by molar-refractivity contribution is -0.137. The van der Waals surface area contributed by atoms with Crippen molar-refractivity contribution >= 4 is 17.5 Å². The van der Waals surface area contributed by atoms with Crippen LogP contribution in [-0.2, 0) is 9.59 Å². The third-order valence-corrected chi connectivity index (χ3v) is 3.78. The molecule has 122 valence electrons. The second kappa shape index (κ2) is 6.64. The summed E-state index contributed by atoms with van der Waals surface area (Å²) in [5.74, 6) is -0.851. The molecule has 0 spiro atoms. The van der Waals surface area contributed by atoms with Gasteiger partial charge in [-0.05, 0) is 30.7 Å². The number of anilines is 1. The van der Waals surface area contributed by atoms with E-state index in [2.05, 4.69) is 10.3 Å². The first-order valence-electron chi connectivity index (χ1n) is 7.57. The number of nitrogens with zero attached hydrogens (tertiary/aromatic N) is 2. The van der Waals surface area contributed by atoms with E-state index in [1.165, 1.54) is 6.08 Å². The first-order chi connectivity index (χ1) is 11.6. The summed E-state index contributed by atoms with van der Waals surface area (Å²) in [5, 5.41) is 11.9. The van der Waals surface area contributed by atoms with Crippen LogP contribution in [0.1, 0.15) is 5.56 Å². The minimum atomic E-state index is -0.432. The molecule has 6 heteroatoms. The molecule has 2 amide bonds. The van der Waals surface area contributed by atoms with Crippen molar-refractivity contribution in [3.8, 4) is 11.3 Å². The molecule has 2 aromatic rings. The SMILES string of the molecule is Cc1cccnc1-c1ccc(NC2=CC(=O)N(CCO)C2=O)cc1. The predicted molar refractivity (Wildman–Crippen MR) is 89.9 cm³/mol. The summed E-state index contributed by atoms with van der Waals surface area (Å²) < 4.78 is 0. The fourth-order valence-electron chi connectivity index (χ4n) is 2.56. The lowest BCUT2D eigenvalue weighted by atomic mass is 10.1. The number of aliphatic hydroxyl groups excluding tert-OH is 1. The molecule has 0 atom stereocenters. The minimum Gasteiger partial charge on any atom is -0.395 e. The molecule has 1 aliphatic heterocycles. The van der Waals surface area contributed by atoms with Gasteiger partial charge in [-0.3, -0.25) is 19.5 Å². The Morgan fingerprint density at radius 1 is 1.17 bits per heavy atom. The van der Waals surface area contributed by atoms with Crippen LogP contribution in [0.15, 0.2) is 54.4 Å². The van der Waals surface area contributed by atoms with Crippen molar-refractivity contribution in [3.05, 3.63) is 59.9 Å². The third kappa shape index (κ3) is 3.04. The number of imide groups is 1. The summed E-state index contributed by atoms with van der Waals surface area (Å²) in [6.45, 7) is 1.74. The molecule has 0 saturated carbocycles. The van der Waals surface area contributed by atoms with E-state index in [1.807, 2.05) is 43.3 Å². The van der Waals surface area contributed by atoms with Crippen LogP contribution in [0, 0.1) is 6.92 Å². The zero-order valence-electron chi connectivity index (χ0n) is 13.2. The molecule has 0 saturated heterocycles. The van der Waals surface area contributed by atoms with Crippen molar-refractivity contribution in [2.24, 2.45) is 0 Å². The minimum absolute atomic E-state index is 0.00274. The van der Waals surface area contributed by atoms with Crippen LogP contribution < -0.4 is 5.32 Å². The van der Waals surface area contributed by atoms with Crippen molar-refractivity contribution < 1.29 is 14.7 Å². The smallest absolute Gasteiger partial charge is 0.277 e. The van der Waals surface area contributed by atoms with Crippen molar-refractivity contribution in [1.29, 1.82) is 0 Å².